The molecule has 1 heterocycles. The van der Waals surface area contributed by atoms with Crippen molar-refractivity contribution in [1.82, 2.24) is 5.32 Å². The zero-order chi connectivity index (χ0) is 21.8. The van der Waals surface area contributed by atoms with Crippen LogP contribution < -0.4 is 5.32 Å². The first-order chi connectivity index (χ1) is 14.3. The van der Waals surface area contributed by atoms with Crippen molar-refractivity contribution in [2.45, 2.75) is 55.8 Å². The number of hydrogen-bond donors (Lipinski definition) is 3. The summed E-state index contributed by atoms with van der Waals surface area (Å²) in [6, 6.07) is 12.2. The van der Waals surface area contributed by atoms with Crippen LogP contribution in [-0.2, 0) is 16.0 Å². The van der Waals surface area contributed by atoms with Gasteiger partial charge in [-0.3, -0.25) is 4.79 Å². The summed E-state index contributed by atoms with van der Waals surface area (Å²) in [5.74, 6) is -0.578. The van der Waals surface area contributed by atoms with Crippen molar-refractivity contribution < 1.29 is 24.1 Å². The average Bonchev–Trinajstić information content (AvgIpc) is 2.71. The predicted octanol–water partition coefficient (Wildman–Crippen LogP) is 3.37. The van der Waals surface area contributed by atoms with Crippen molar-refractivity contribution >= 4 is 17.7 Å². The summed E-state index contributed by atoms with van der Waals surface area (Å²) in [4.78, 5) is 12.0. The van der Waals surface area contributed by atoms with E-state index in [1.54, 1.807) is 6.07 Å². The molecule has 5 atom stereocenters. The Bertz CT molecular complexity index is 893. The maximum atomic E-state index is 13.8. The van der Waals surface area contributed by atoms with E-state index in [1.807, 2.05) is 38.1 Å². The lowest BCUT2D eigenvalue weighted by molar-refractivity contribution is -0.160. The highest BCUT2D eigenvalue weighted by atomic mass is 32.2. The lowest BCUT2D eigenvalue weighted by atomic mass is 9.92. The van der Waals surface area contributed by atoms with E-state index in [0.29, 0.717) is 13.0 Å². The van der Waals surface area contributed by atoms with Crippen LogP contribution in [0.2, 0.25) is 0 Å². The second kappa shape index (κ2) is 9.92. The SMILES string of the molecule is CC(=O)NCCc1ccc(SC2OC(C)C(C)C(O)C2O)cc1-c1cccc(F)c1. The molecule has 1 saturated heterocycles. The van der Waals surface area contributed by atoms with E-state index in [1.165, 1.54) is 30.8 Å². The summed E-state index contributed by atoms with van der Waals surface area (Å²) < 4.78 is 19.8. The van der Waals surface area contributed by atoms with Crippen LogP contribution in [0.5, 0.6) is 0 Å². The number of rotatable bonds is 6. The van der Waals surface area contributed by atoms with Gasteiger partial charge in [0.1, 0.15) is 17.4 Å². The molecule has 3 N–H and O–H groups in total. The first kappa shape index (κ1) is 22.7. The average molecular weight is 434 g/mol. The minimum absolute atomic E-state index is 0.0974. The van der Waals surface area contributed by atoms with Crippen LogP contribution >= 0.6 is 11.8 Å². The molecule has 5 nitrogen and oxygen atoms in total. The van der Waals surface area contributed by atoms with Gasteiger partial charge in [0, 0.05) is 24.3 Å². The quantitative estimate of drug-likeness (QED) is 0.651. The molecule has 2 aromatic rings. The normalized spacial score (nSPS) is 26.4. The Kier molecular flexibility index (Phi) is 7.52. The number of carbonyl (C=O) groups excluding carboxylic acids is 1. The fraction of sp³-hybridized carbons (Fsp3) is 0.435. The number of benzene rings is 2. The zero-order valence-corrected chi connectivity index (χ0v) is 18.2. The third kappa shape index (κ3) is 5.40. The Balaban J connectivity index is 1.87. The summed E-state index contributed by atoms with van der Waals surface area (Å²) in [5.41, 5.74) is 1.97. The van der Waals surface area contributed by atoms with E-state index in [2.05, 4.69) is 5.32 Å². The number of hydrogen-bond acceptors (Lipinski definition) is 5. The van der Waals surface area contributed by atoms with Crippen LogP contribution in [0.3, 0.4) is 0 Å². The molecule has 0 aromatic heterocycles. The van der Waals surface area contributed by atoms with Crippen LogP contribution in [-0.4, -0.2) is 46.4 Å². The van der Waals surface area contributed by atoms with Crippen molar-refractivity contribution in [3.8, 4) is 11.1 Å². The Morgan fingerprint density at radius 2 is 1.93 bits per heavy atom. The molecular formula is C23H28FNO4S. The summed E-state index contributed by atoms with van der Waals surface area (Å²) >= 11 is 1.34. The molecule has 1 fully saturated rings. The summed E-state index contributed by atoms with van der Waals surface area (Å²) in [6.07, 6.45) is -1.43. The van der Waals surface area contributed by atoms with Gasteiger partial charge in [-0.25, -0.2) is 4.39 Å². The monoisotopic (exact) mass is 433 g/mol. The van der Waals surface area contributed by atoms with Crippen LogP contribution in [0.15, 0.2) is 47.4 Å². The minimum atomic E-state index is -1.00. The van der Waals surface area contributed by atoms with Gasteiger partial charge in [0.2, 0.25) is 5.91 Å². The van der Waals surface area contributed by atoms with Crippen LogP contribution in [0, 0.1) is 11.7 Å². The molecule has 0 spiro atoms. The van der Waals surface area contributed by atoms with E-state index in [0.717, 1.165) is 21.6 Å². The molecule has 1 aliphatic heterocycles. The largest absolute Gasteiger partial charge is 0.390 e. The maximum Gasteiger partial charge on any atom is 0.216 e. The molecule has 162 valence electrons. The highest BCUT2D eigenvalue weighted by Crippen LogP contribution is 2.37. The predicted molar refractivity (Wildman–Crippen MR) is 116 cm³/mol. The molecule has 30 heavy (non-hydrogen) atoms. The highest BCUT2D eigenvalue weighted by Gasteiger charge is 2.40. The molecule has 5 unspecified atom stereocenters. The lowest BCUT2D eigenvalue weighted by Gasteiger charge is -2.40. The van der Waals surface area contributed by atoms with Crippen LogP contribution in [0.25, 0.3) is 11.1 Å². The number of ether oxygens (including phenoxy) is 1. The summed E-state index contributed by atoms with van der Waals surface area (Å²) in [5, 5.41) is 23.5. The van der Waals surface area contributed by atoms with Crippen LogP contribution in [0.1, 0.15) is 26.3 Å². The lowest BCUT2D eigenvalue weighted by Crippen LogP contribution is -2.51. The minimum Gasteiger partial charge on any atom is -0.390 e. The second-order valence-electron chi connectivity index (χ2n) is 7.73. The Morgan fingerprint density at radius 3 is 2.63 bits per heavy atom. The fourth-order valence-corrected chi connectivity index (χ4v) is 4.67. The van der Waals surface area contributed by atoms with E-state index in [4.69, 9.17) is 4.74 Å². The molecule has 1 aliphatic rings. The first-order valence-electron chi connectivity index (χ1n) is 10.1. The van der Waals surface area contributed by atoms with Gasteiger partial charge in [0.15, 0.2) is 0 Å². The number of amides is 1. The summed E-state index contributed by atoms with van der Waals surface area (Å²) in [7, 11) is 0. The highest BCUT2D eigenvalue weighted by molar-refractivity contribution is 7.99. The first-order valence-corrected chi connectivity index (χ1v) is 11.0. The molecule has 2 aromatic carbocycles. The zero-order valence-electron chi connectivity index (χ0n) is 17.3. The molecule has 1 amide bonds. The molecule has 0 bridgehead atoms. The van der Waals surface area contributed by atoms with Gasteiger partial charge in [0.05, 0.1) is 12.2 Å². The Morgan fingerprint density at radius 1 is 1.17 bits per heavy atom. The van der Waals surface area contributed by atoms with Crippen molar-refractivity contribution in [3.05, 3.63) is 53.8 Å². The van der Waals surface area contributed by atoms with Gasteiger partial charge in [-0.1, -0.05) is 36.9 Å². The molecule has 7 heteroatoms. The number of nitrogens with one attached hydrogen (secondary N) is 1. The molecule has 0 aliphatic carbocycles. The van der Waals surface area contributed by atoms with Gasteiger partial charge < -0.3 is 20.3 Å². The van der Waals surface area contributed by atoms with Gasteiger partial charge >= 0.3 is 0 Å². The third-order valence-electron chi connectivity index (χ3n) is 5.49. The van der Waals surface area contributed by atoms with Gasteiger partial charge in [-0.05, 0) is 54.3 Å². The van der Waals surface area contributed by atoms with Crippen LogP contribution in [0.4, 0.5) is 4.39 Å². The second-order valence-corrected chi connectivity index (χ2v) is 8.90. The Hall–Kier alpha value is -1.93. The van der Waals surface area contributed by atoms with Crippen molar-refractivity contribution in [2.24, 2.45) is 5.92 Å². The number of aliphatic hydroxyl groups is 2. The summed E-state index contributed by atoms with van der Waals surface area (Å²) in [6.45, 7) is 5.69. The number of thioether (sulfide) groups is 1. The van der Waals surface area contributed by atoms with Gasteiger partial charge in [-0.2, -0.15) is 0 Å². The number of carbonyl (C=O) groups is 1. The maximum absolute atomic E-state index is 13.8. The van der Waals surface area contributed by atoms with E-state index in [-0.39, 0.29) is 23.7 Å². The van der Waals surface area contributed by atoms with E-state index >= 15 is 0 Å². The van der Waals surface area contributed by atoms with Gasteiger partial charge in [-0.15, -0.1) is 0 Å². The fourth-order valence-electron chi connectivity index (χ4n) is 3.54. The van der Waals surface area contributed by atoms with E-state index in [9.17, 15) is 19.4 Å². The van der Waals surface area contributed by atoms with Crippen molar-refractivity contribution in [3.63, 3.8) is 0 Å². The van der Waals surface area contributed by atoms with Crippen molar-refractivity contribution in [1.29, 1.82) is 0 Å². The molecule has 0 radical (unpaired) electrons. The number of aliphatic hydroxyl groups excluding tert-OH is 2. The standard InChI is InChI=1S/C23H28FNO4S/c1-13-14(2)29-23(22(28)21(13)27)30-19-8-7-16(9-10-25-15(3)26)20(12-19)17-5-4-6-18(24)11-17/h4-8,11-14,21-23,27-28H,9-10H2,1-3H3,(H,25,26). The van der Waals surface area contributed by atoms with Gasteiger partial charge in [0.25, 0.3) is 0 Å². The molecule has 3 rings (SSSR count). The molecular weight excluding hydrogens is 405 g/mol. The third-order valence-corrected chi connectivity index (χ3v) is 6.64. The smallest absolute Gasteiger partial charge is 0.216 e. The number of halogens is 1. The Labute approximate surface area is 180 Å². The molecule has 0 saturated carbocycles. The topological polar surface area (TPSA) is 78.8 Å². The van der Waals surface area contributed by atoms with E-state index < -0.39 is 17.6 Å². The van der Waals surface area contributed by atoms with Crippen molar-refractivity contribution in [2.75, 3.05) is 6.54 Å².